The minimum atomic E-state index is -1.57. The molecule has 2 heterocycles. The van der Waals surface area contributed by atoms with Gasteiger partial charge >= 0.3 is 5.97 Å². The molecule has 1 N–H and O–H groups in total. The Morgan fingerprint density at radius 1 is 1.03 bits per heavy atom. The second kappa shape index (κ2) is 7.22. The van der Waals surface area contributed by atoms with Crippen molar-refractivity contribution in [3.63, 3.8) is 0 Å². The van der Waals surface area contributed by atoms with Crippen molar-refractivity contribution in [2.45, 2.75) is 24.0 Å². The maximum Gasteiger partial charge on any atom is 0.338 e. The van der Waals surface area contributed by atoms with E-state index in [9.17, 15) is 14.7 Å². The number of esters is 1. The van der Waals surface area contributed by atoms with Crippen molar-refractivity contribution in [3.05, 3.63) is 101 Å². The number of ether oxygens (including phenoxy) is 1. The lowest BCUT2D eigenvalue weighted by atomic mass is 9.68. The summed E-state index contributed by atoms with van der Waals surface area (Å²) in [5.41, 5.74) is -0.322. The van der Waals surface area contributed by atoms with Crippen molar-refractivity contribution >= 4 is 29.2 Å². The highest BCUT2D eigenvalue weighted by atomic mass is 35.5. The van der Waals surface area contributed by atoms with E-state index in [1.54, 1.807) is 42.5 Å². The van der Waals surface area contributed by atoms with E-state index in [0.717, 1.165) is 5.56 Å². The highest BCUT2D eigenvalue weighted by Crippen LogP contribution is 2.59. The summed E-state index contributed by atoms with van der Waals surface area (Å²) in [5.74, 6) is -0.663. The van der Waals surface area contributed by atoms with Crippen LogP contribution in [0.15, 0.2) is 78.9 Å². The molecule has 0 bridgehead atoms. The molecule has 3 aromatic rings. The van der Waals surface area contributed by atoms with Gasteiger partial charge in [-0.2, -0.15) is 0 Å². The smallest absolute Gasteiger partial charge is 0.338 e. The number of aliphatic hydroxyl groups is 1. The van der Waals surface area contributed by atoms with Gasteiger partial charge < -0.3 is 9.84 Å². The Kier molecular flexibility index (Phi) is 4.61. The molecule has 0 unspecified atom stereocenters. The maximum absolute atomic E-state index is 12.8. The van der Waals surface area contributed by atoms with Crippen molar-refractivity contribution in [2.75, 3.05) is 11.5 Å². The topological polar surface area (TPSA) is 66.8 Å². The molecule has 2 aliphatic heterocycles. The summed E-state index contributed by atoms with van der Waals surface area (Å²) in [6.45, 7) is -0.141. The van der Waals surface area contributed by atoms with E-state index in [4.69, 9.17) is 16.3 Å². The highest BCUT2D eigenvalue weighted by molar-refractivity contribution is 6.30. The molecule has 5 rings (SSSR count). The van der Waals surface area contributed by atoms with E-state index in [0.29, 0.717) is 21.8 Å². The number of carbonyl (C=O) groups is 2. The predicted octanol–water partition coefficient (Wildman–Crippen LogP) is 4.31. The number of anilines is 1. The van der Waals surface area contributed by atoms with E-state index in [1.807, 2.05) is 36.4 Å². The number of rotatable bonds is 4. The lowest BCUT2D eigenvalue weighted by Crippen LogP contribution is -2.58. The summed E-state index contributed by atoms with van der Waals surface area (Å²) >= 11 is 6.34. The molecule has 2 atom stereocenters. The molecule has 1 fully saturated rings. The van der Waals surface area contributed by atoms with Gasteiger partial charge in [0.25, 0.3) is 0 Å². The van der Waals surface area contributed by atoms with Gasteiger partial charge in [0.1, 0.15) is 12.0 Å². The van der Waals surface area contributed by atoms with E-state index < -0.39 is 17.1 Å². The van der Waals surface area contributed by atoms with Gasteiger partial charge in [-0.25, -0.2) is 4.79 Å². The van der Waals surface area contributed by atoms with Crippen LogP contribution in [-0.4, -0.2) is 29.3 Å². The van der Waals surface area contributed by atoms with Crippen molar-refractivity contribution in [2.24, 2.45) is 0 Å². The Morgan fingerprint density at radius 3 is 2.42 bits per heavy atom. The zero-order chi connectivity index (χ0) is 21.6. The fourth-order valence-corrected chi connectivity index (χ4v) is 5.10. The van der Waals surface area contributed by atoms with Crippen molar-refractivity contribution < 1.29 is 19.4 Å². The monoisotopic (exact) mass is 433 g/mol. The summed E-state index contributed by atoms with van der Waals surface area (Å²) in [5, 5.41) is 12.5. The third kappa shape index (κ3) is 2.81. The van der Waals surface area contributed by atoms with Crippen LogP contribution in [0.1, 0.15) is 34.3 Å². The second-order valence-corrected chi connectivity index (χ2v) is 8.36. The van der Waals surface area contributed by atoms with Gasteiger partial charge in [0.15, 0.2) is 5.72 Å². The Morgan fingerprint density at radius 2 is 1.71 bits per heavy atom. The van der Waals surface area contributed by atoms with E-state index in [-0.39, 0.29) is 25.4 Å². The predicted molar refractivity (Wildman–Crippen MR) is 117 cm³/mol. The van der Waals surface area contributed by atoms with Crippen molar-refractivity contribution in [1.29, 1.82) is 0 Å². The largest absolute Gasteiger partial charge is 0.461 e. The van der Waals surface area contributed by atoms with Gasteiger partial charge in [0, 0.05) is 17.9 Å². The minimum absolute atomic E-state index is 0.141. The molecule has 2 aliphatic rings. The Labute approximate surface area is 184 Å². The maximum atomic E-state index is 12.8. The number of benzene rings is 3. The third-order valence-corrected chi connectivity index (χ3v) is 6.58. The molecule has 0 aromatic heterocycles. The van der Waals surface area contributed by atoms with Crippen LogP contribution >= 0.6 is 11.6 Å². The SMILES string of the molecule is O=C(OC[C@]1(c2ccccc2)c2cc(Cl)ccc2N2C(=O)CC[C@@]21O)c1ccccc1. The number of hydrogen-bond donors (Lipinski definition) is 1. The van der Waals surface area contributed by atoms with Crippen LogP contribution in [0.2, 0.25) is 5.02 Å². The van der Waals surface area contributed by atoms with E-state index in [2.05, 4.69) is 0 Å². The first-order chi connectivity index (χ1) is 15.0. The van der Waals surface area contributed by atoms with Gasteiger partial charge in [0.2, 0.25) is 5.91 Å². The van der Waals surface area contributed by atoms with Crippen LogP contribution < -0.4 is 4.90 Å². The molecule has 6 heteroatoms. The molecule has 156 valence electrons. The van der Waals surface area contributed by atoms with Crippen molar-refractivity contribution in [1.82, 2.24) is 0 Å². The zero-order valence-electron chi connectivity index (χ0n) is 16.6. The number of halogens is 1. The van der Waals surface area contributed by atoms with E-state index in [1.165, 1.54) is 4.90 Å². The van der Waals surface area contributed by atoms with Crippen LogP contribution in [0.25, 0.3) is 0 Å². The van der Waals surface area contributed by atoms with Crippen LogP contribution in [0.4, 0.5) is 5.69 Å². The van der Waals surface area contributed by atoms with Gasteiger partial charge in [0.05, 0.1) is 11.3 Å². The first-order valence-corrected chi connectivity index (χ1v) is 10.5. The van der Waals surface area contributed by atoms with Crippen LogP contribution in [0.5, 0.6) is 0 Å². The fourth-order valence-electron chi connectivity index (χ4n) is 4.93. The molecule has 1 amide bonds. The van der Waals surface area contributed by atoms with Gasteiger partial charge in [-0.1, -0.05) is 60.1 Å². The molecule has 0 aliphatic carbocycles. The number of fused-ring (bicyclic) bond motifs is 3. The highest BCUT2D eigenvalue weighted by Gasteiger charge is 2.67. The van der Waals surface area contributed by atoms with E-state index >= 15 is 0 Å². The third-order valence-electron chi connectivity index (χ3n) is 6.35. The summed E-state index contributed by atoms with van der Waals surface area (Å²) < 4.78 is 5.80. The molecular formula is C25H20ClNO4. The molecule has 0 spiro atoms. The van der Waals surface area contributed by atoms with Gasteiger partial charge in [-0.05, 0) is 41.5 Å². The summed E-state index contributed by atoms with van der Waals surface area (Å²) in [4.78, 5) is 27.1. The Hall–Kier alpha value is -3.15. The molecule has 5 nitrogen and oxygen atoms in total. The number of nitrogens with zero attached hydrogens (tertiary/aromatic N) is 1. The average molecular weight is 434 g/mol. The van der Waals surface area contributed by atoms with Crippen LogP contribution in [-0.2, 0) is 14.9 Å². The Bertz CT molecular complexity index is 1170. The number of hydrogen-bond acceptors (Lipinski definition) is 4. The normalized spacial score (nSPS) is 24.1. The number of carbonyl (C=O) groups excluding carboxylic acids is 2. The fraction of sp³-hybridized carbons (Fsp3) is 0.200. The van der Waals surface area contributed by atoms with Gasteiger partial charge in [-0.15, -0.1) is 0 Å². The molecule has 0 radical (unpaired) electrons. The standard InChI is InChI=1S/C25H20ClNO4/c26-19-11-12-21-20(15-19)24(18-9-5-2-6-10-18,25(30)14-13-22(28)27(21)25)16-31-23(29)17-7-3-1-4-8-17/h1-12,15,30H,13-14,16H2/t24-,25-/m0/s1. The molecule has 31 heavy (non-hydrogen) atoms. The summed E-state index contributed by atoms with van der Waals surface area (Å²) in [6.07, 6.45) is 0.426. The first-order valence-electron chi connectivity index (χ1n) is 10.1. The summed E-state index contributed by atoms with van der Waals surface area (Å²) in [6, 6.07) is 23.3. The summed E-state index contributed by atoms with van der Waals surface area (Å²) in [7, 11) is 0. The molecule has 0 saturated carbocycles. The van der Waals surface area contributed by atoms with Crippen molar-refractivity contribution in [3.8, 4) is 0 Å². The molecule has 1 saturated heterocycles. The van der Waals surface area contributed by atoms with Gasteiger partial charge in [-0.3, -0.25) is 9.69 Å². The lowest BCUT2D eigenvalue weighted by Gasteiger charge is -2.42. The molecule has 3 aromatic carbocycles. The van der Waals surface area contributed by atoms with Crippen LogP contribution in [0.3, 0.4) is 0 Å². The lowest BCUT2D eigenvalue weighted by molar-refractivity contribution is -0.119. The quantitative estimate of drug-likeness (QED) is 0.622. The number of amides is 1. The zero-order valence-corrected chi connectivity index (χ0v) is 17.4. The minimum Gasteiger partial charge on any atom is -0.461 e. The first kappa shape index (κ1) is 19.8. The second-order valence-electron chi connectivity index (χ2n) is 7.92. The molecular weight excluding hydrogens is 414 g/mol. The Balaban J connectivity index is 1.68. The van der Waals surface area contributed by atoms with Crippen LogP contribution in [0, 0.1) is 0 Å². The average Bonchev–Trinajstić information content (AvgIpc) is 3.21.